The van der Waals surface area contributed by atoms with Crippen molar-refractivity contribution in [3.8, 4) is 0 Å². The molecule has 0 radical (unpaired) electrons. The highest BCUT2D eigenvalue weighted by molar-refractivity contribution is 5.84. The fourth-order valence-electron chi connectivity index (χ4n) is 1.79. The minimum absolute atomic E-state index is 0.0934. The summed E-state index contributed by atoms with van der Waals surface area (Å²) in [5, 5.41) is 1.26. The minimum Gasteiger partial charge on any atom is -0.361 e. The summed E-state index contributed by atoms with van der Waals surface area (Å²) in [6, 6.07) is 6.60. The van der Waals surface area contributed by atoms with Crippen LogP contribution in [0.4, 0.5) is 0 Å². The standard InChI is InChI=1S/C12H16N2/c1-3-9-4-5-12-10(6-9)11(7-14-12)8(2)13/h4-8,14H,3,13H2,1-2H3. The van der Waals surface area contributed by atoms with Gasteiger partial charge in [-0.2, -0.15) is 0 Å². The maximum Gasteiger partial charge on any atom is 0.0457 e. The molecule has 0 saturated carbocycles. The molecular formula is C12H16N2. The third kappa shape index (κ3) is 1.42. The Labute approximate surface area is 84.1 Å². The second kappa shape index (κ2) is 3.46. The Morgan fingerprint density at radius 1 is 1.43 bits per heavy atom. The van der Waals surface area contributed by atoms with Gasteiger partial charge in [0.25, 0.3) is 0 Å². The molecule has 2 heteroatoms. The number of rotatable bonds is 2. The van der Waals surface area contributed by atoms with E-state index in [1.807, 2.05) is 13.1 Å². The van der Waals surface area contributed by atoms with Crippen molar-refractivity contribution in [1.82, 2.24) is 4.98 Å². The van der Waals surface area contributed by atoms with Gasteiger partial charge in [0.1, 0.15) is 0 Å². The zero-order valence-electron chi connectivity index (χ0n) is 8.67. The molecule has 74 valence electrons. The van der Waals surface area contributed by atoms with Crippen LogP contribution in [0.1, 0.15) is 31.0 Å². The van der Waals surface area contributed by atoms with Gasteiger partial charge in [0, 0.05) is 23.1 Å². The van der Waals surface area contributed by atoms with Crippen LogP contribution in [0, 0.1) is 0 Å². The summed E-state index contributed by atoms with van der Waals surface area (Å²) in [7, 11) is 0. The molecule has 2 aromatic rings. The van der Waals surface area contributed by atoms with Crippen LogP contribution in [-0.4, -0.2) is 4.98 Å². The number of benzene rings is 1. The molecule has 1 aromatic heterocycles. The predicted octanol–water partition coefficient (Wildman–Crippen LogP) is 2.75. The number of nitrogens with two attached hydrogens (primary N) is 1. The summed E-state index contributed by atoms with van der Waals surface area (Å²) in [6.07, 6.45) is 3.08. The minimum atomic E-state index is 0.0934. The molecule has 0 spiro atoms. The molecule has 2 nitrogen and oxygen atoms in total. The van der Waals surface area contributed by atoms with Crippen LogP contribution in [0.2, 0.25) is 0 Å². The van der Waals surface area contributed by atoms with Crippen LogP contribution < -0.4 is 5.73 Å². The molecule has 0 bridgehead atoms. The molecule has 14 heavy (non-hydrogen) atoms. The van der Waals surface area contributed by atoms with Gasteiger partial charge >= 0.3 is 0 Å². The quantitative estimate of drug-likeness (QED) is 0.747. The van der Waals surface area contributed by atoms with Crippen molar-refractivity contribution in [2.45, 2.75) is 26.3 Å². The number of nitrogens with one attached hydrogen (secondary N) is 1. The SMILES string of the molecule is CCc1ccc2[nH]cc(C(C)N)c2c1. The summed E-state index contributed by atoms with van der Waals surface area (Å²) < 4.78 is 0. The summed E-state index contributed by atoms with van der Waals surface area (Å²) in [5.41, 5.74) is 9.64. The first-order valence-electron chi connectivity index (χ1n) is 5.08. The van der Waals surface area contributed by atoms with E-state index in [1.54, 1.807) is 0 Å². The predicted molar refractivity (Wildman–Crippen MR) is 60.3 cm³/mol. The van der Waals surface area contributed by atoms with Crippen molar-refractivity contribution in [3.05, 3.63) is 35.5 Å². The van der Waals surface area contributed by atoms with E-state index in [-0.39, 0.29) is 6.04 Å². The van der Waals surface area contributed by atoms with Crippen LogP contribution in [0.15, 0.2) is 24.4 Å². The normalized spacial score (nSPS) is 13.4. The van der Waals surface area contributed by atoms with Gasteiger partial charge in [-0.3, -0.25) is 0 Å². The van der Waals surface area contributed by atoms with E-state index >= 15 is 0 Å². The Morgan fingerprint density at radius 3 is 2.86 bits per heavy atom. The van der Waals surface area contributed by atoms with E-state index < -0.39 is 0 Å². The van der Waals surface area contributed by atoms with Crippen molar-refractivity contribution in [2.75, 3.05) is 0 Å². The van der Waals surface area contributed by atoms with Gasteiger partial charge in [0.15, 0.2) is 0 Å². The van der Waals surface area contributed by atoms with Crippen LogP contribution in [0.3, 0.4) is 0 Å². The Hall–Kier alpha value is -1.28. The lowest BCUT2D eigenvalue weighted by Gasteiger charge is -2.03. The van der Waals surface area contributed by atoms with Gasteiger partial charge < -0.3 is 10.7 Å². The smallest absolute Gasteiger partial charge is 0.0457 e. The highest BCUT2D eigenvalue weighted by Crippen LogP contribution is 2.23. The zero-order valence-corrected chi connectivity index (χ0v) is 8.67. The lowest BCUT2D eigenvalue weighted by atomic mass is 10.0. The Balaban J connectivity index is 2.63. The van der Waals surface area contributed by atoms with Crippen LogP contribution in [0.25, 0.3) is 10.9 Å². The lowest BCUT2D eigenvalue weighted by molar-refractivity contribution is 0.826. The molecule has 1 aromatic carbocycles. The maximum atomic E-state index is 5.90. The Kier molecular flexibility index (Phi) is 2.30. The zero-order chi connectivity index (χ0) is 10.1. The molecule has 0 amide bonds. The summed E-state index contributed by atoms with van der Waals surface area (Å²) >= 11 is 0. The Bertz CT molecular complexity index is 441. The number of hydrogen-bond donors (Lipinski definition) is 2. The Morgan fingerprint density at radius 2 is 2.21 bits per heavy atom. The van der Waals surface area contributed by atoms with Gasteiger partial charge in [-0.1, -0.05) is 13.0 Å². The van der Waals surface area contributed by atoms with Crippen molar-refractivity contribution in [3.63, 3.8) is 0 Å². The van der Waals surface area contributed by atoms with Crippen molar-refractivity contribution >= 4 is 10.9 Å². The largest absolute Gasteiger partial charge is 0.361 e. The number of H-pyrrole nitrogens is 1. The number of aryl methyl sites for hydroxylation is 1. The lowest BCUT2D eigenvalue weighted by Crippen LogP contribution is -2.03. The van der Waals surface area contributed by atoms with Crippen LogP contribution >= 0.6 is 0 Å². The fourth-order valence-corrected chi connectivity index (χ4v) is 1.79. The molecule has 1 heterocycles. The number of fused-ring (bicyclic) bond motifs is 1. The van der Waals surface area contributed by atoms with Gasteiger partial charge in [-0.25, -0.2) is 0 Å². The first-order valence-corrected chi connectivity index (χ1v) is 5.08. The molecule has 0 saturated heterocycles. The van der Waals surface area contributed by atoms with Crippen LogP contribution in [0.5, 0.6) is 0 Å². The molecule has 2 rings (SSSR count). The molecule has 0 aliphatic heterocycles. The van der Waals surface area contributed by atoms with E-state index in [1.165, 1.54) is 22.0 Å². The molecule has 0 aliphatic rings. The third-order valence-electron chi connectivity index (χ3n) is 2.68. The van der Waals surface area contributed by atoms with E-state index in [0.29, 0.717) is 0 Å². The molecule has 0 fully saturated rings. The third-order valence-corrected chi connectivity index (χ3v) is 2.68. The first-order chi connectivity index (χ1) is 6.72. The maximum absolute atomic E-state index is 5.90. The summed E-state index contributed by atoms with van der Waals surface area (Å²) in [5.74, 6) is 0. The second-order valence-electron chi connectivity index (χ2n) is 3.77. The van der Waals surface area contributed by atoms with Crippen molar-refractivity contribution < 1.29 is 0 Å². The van der Waals surface area contributed by atoms with Crippen molar-refractivity contribution in [1.29, 1.82) is 0 Å². The number of aromatic nitrogens is 1. The van der Waals surface area contributed by atoms with E-state index in [2.05, 4.69) is 30.1 Å². The summed E-state index contributed by atoms with van der Waals surface area (Å²) in [4.78, 5) is 3.24. The summed E-state index contributed by atoms with van der Waals surface area (Å²) in [6.45, 7) is 4.18. The molecule has 1 unspecified atom stereocenters. The molecule has 1 atom stereocenters. The van der Waals surface area contributed by atoms with E-state index in [0.717, 1.165) is 6.42 Å². The van der Waals surface area contributed by atoms with E-state index in [9.17, 15) is 0 Å². The number of aromatic amines is 1. The average Bonchev–Trinajstić information content (AvgIpc) is 2.59. The van der Waals surface area contributed by atoms with Crippen LogP contribution in [-0.2, 0) is 6.42 Å². The average molecular weight is 188 g/mol. The van der Waals surface area contributed by atoms with Gasteiger partial charge in [0.2, 0.25) is 0 Å². The van der Waals surface area contributed by atoms with Crippen molar-refractivity contribution in [2.24, 2.45) is 5.73 Å². The highest BCUT2D eigenvalue weighted by atomic mass is 14.7. The topological polar surface area (TPSA) is 41.8 Å². The van der Waals surface area contributed by atoms with Gasteiger partial charge in [-0.05, 0) is 36.6 Å². The molecule has 3 N–H and O–H groups in total. The van der Waals surface area contributed by atoms with Gasteiger partial charge in [-0.15, -0.1) is 0 Å². The fraction of sp³-hybridized carbons (Fsp3) is 0.333. The number of hydrogen-bond acceptors (Lipinski definition) is 1. The monoisotopic (exact) mass is 188 g/mol. The van der Waals surface area contributed by atoms with E-state index in [4.69, 9.17) is 5.73 Å². The van der Waals surface area contributed by atoms with Gasteiger partial charge in [0.05, 0.1) is 0 Å². The molecular weight excluding hydrogens is 172 g/mol. The highest BCUT2D eigenvalue weighted by Gasteiger charge is 2.07. The molecule has 0 aliphatic carbocycles. The first kappa shape index (κ1) is 9.28. The second-order valence-corrected chi connectivity index (χ2v) is 3.77.